The Morgan fingerprint density at radius 3 is 2.63 bits per heavy atom. The monoisotopic (exact) mass is 344 g/mol. The molecule has 0 spiro atoms. The number of hydrogen-bond acceptors (Lipinski definition) is 4. The molecule has 2 aromatic rings. The largest absolute Gasteiger partial charge is 0.381 e. The van der Waals surface area contributed by atoms with Crippen molar-refractivity contribution < 1.29 is 8.42 Å². The van der Waals surface area contributed by atoms with Gasteiger partial charge in [-0.3, -0.25) is 9.40 Å². The molecule has 19 heavy (non-hydrogen) atoms. The van der Waals surface area contributed by atoms with Crippen molar-refractivity contribution in [2.24, 2.45) is 7.05 Å². The Hall–Kier alpha value is -1.54. The number of nitrogen functional groups attached to an aromatic ring is 1. The molecule has 0 fully saturated rings. The first-order chi connectivity index (χ1) is 8.81. The summed E-state index contributed by atoms with van der Waals surface area (Å²) in [5.41, 5.74) is 6.59. The molecule has 1 aromatic carbocycles. The molecule has 0 atom stereocenters. The highest BCUT2D eigenvalue weighted by Crippen LogP contribution is 2.25. The van der Waals surface area contributed by atoms with Gasteiger partial charge >= 0.3 is 0 Å². The Labute approximate surface area is 119 Å². The summed E-state index contributed by atoms with van der Waals surface area (Å²) in [6, 6.07) is 6.87. The van der Waals surface area contributed by atoms with E-state index in [-0.39, 0.29) is 10.7 Å². The lowest BCUT2D eigenvalue weighted by molar-refractivity contribution is 0.600. The summed E-state index contributed by atoms with van der Waals surface area (Å²) in [6.07, 6.45) is 0. The number of nitrogens with one attached hydrogen (secondary N) is 1. The number of nitrogens with zero attached hydrogens (tertiary/aromatic N) is 2. The molecule has 8 heteroatoms. The lowest BCUT2D eigenvalue weighted by Gasteiger charge is -2.08. The van der Waals surface area contributed by atoms with Crippen molar-refractivity contribution in [2.75, 3.05) is 10.5 Å². The van der Waals surface area contributed by atoms with Gasteiger partial charge in [-0.2, -0.15) is 5.10 Å². The van der Waals surface area contributed by atoms with Gasteiger partial charge in [-0.25, -0.2) is 8.42 Å². The van der Waals surface area contributed by atoms with Crippen LogP contribution in [0.2, 0.25) is 0 Å². The average molecular weight is 345 g/mol. The summed E-state index contributed by atoms with van der Waals surface area (Å²) in [7, 11) is -2.11. The molecule has 0 amide bonds. The predicted molar refractivity (Wildman–Crippen MR) is 77.3 cm³/mol. The minimum absolute atomic E-state index is 0.00924. The van der Waals surface area contributed by atoms with E-state index in [1.807, 2.05) is 6.07 Å². The predicted octanol–water partition coefficient (Wildman–Crippen LogP) is 1.87. The van der Waals surface area contributed by atoms with Crippen LogP contribution in [0, 0.1) is 6.92 Å². The van der Waals surface area contributed by atoms with Crippen molar-refractivity contribution in [3.05, 3.63) is 34.4 Å². The van der Waals surface area contributed by atoms with Crippen LogP contribution < -0.4 is 10.5 Å². The minimum Gasteiger partial charge on any atom is -0.381 e. The van der Waals surface area contributed by atoms with Crippen molar-refractivity contribution in [2.45, 2.75) is 11.8 Å². The molecule has 6 nitrogen and oxygen atoms in total. The molecule has 0 saturated carbocycles. The number of hydrogen-bond donors (Lipinski definition) is 2. The first-order valence-corrected chi connectivity index (χ1v) is 7.66. The van der Waals surface area contributed by atoms with Gasteiger partial charge in [0.25, 0.3) is 10.0 Å². The molecule has 3 N–H and O–H groups in total. The Kier molecular flexibility index (Phi) is 3.55. The highest BCUT2D eigenvalue weighted by Gasteiger charge is 2.24. The van der Waals surface area contributed by atoms with Crippen LogP contribution in [0.15, 0.2) is 33.6 Å². The third kappa shape index (κ3) is 2.74. The third-order valence-electron chi connectivity index (χ3n) is 2.65. The normalized spacial score (nSPS) is 11.5. The first kappa shape index (κ1) is 13.9. The number of aryl methyl sites for hydroxylation is 1. The van der Waals surface area contributed by atoms with E-state index in [1.165, 1.54) is 4.68 Å². The number of sulfonamides is 1. The fourth-order valence-electron chi connectivity index (χ4n) is 1.70. The Balaban J connectivity index is 2.44. The SMILES string of the molecule is Cc1c(S(=O)(=O)Nc2cccc(Br)c2)c(N)nn1C. The van der Waals surface area contributed by atoms with Gasteiger partial charge in [-0.1, -0.05) is 22.0 Å². The third-order valence-corrected chi connectivity index (χ3v) is 4.69. The van der Waals surface area contributed by atoms with Crippen molar-refractivity contribution in [3.63, 3.8) is 0 Å². The summed E-state index contributed by atoms with van der Waals surface area (Å²) in [5, 5.41) is 3.90. The quantitative estimate of drug-likeness (QED) is 0.889. The second kappa shape index (κ2) is 4.86. The molecule has 0 saturated heterocycles. The van der Waals surface area contributed by atoms with Gasteiger partial charge in [0.15, 0.2) is 10.7 Å². The van der Waals surface area contributed by atoms with E-state index in [2.05, 4.69) is 25.8 Å². The van der Waals surface area contributed by atoms with Crippen molar-refractivity contribution in [3.8, 4) is 0 Å². The number of aromatic nitrogens is 2. The summed E-state index contributed by atoms with van der Waals surface area (Å²) in [4.78, 5) is 0.00924. The zero-order valence-corrected chi connectivity index (χ0v) is 12.8. The van der Waals surface area contributed by atoms with Crippen LogP contribution in [0.3, 0.4) is 0 Å². The molecule has 0 radical (unpaired) electrons. The molecule has 2 rings (SSSR count). The Morgan fingerprint density at radius 1 is 1.42 bits per heavy atom. The lowest BCUT2D eigenvalue weighted by Crippen LogP contribution is -2.15. The molecule has 0 unspecified atom stereocenters. The van der Waals surface area contributed by atoms with E-state index in [9.17, 15) is 8.42 Å². The maximum Gasteiger partial charge on any atom is 0.267 e. The number of halogens is 1. The van der Waals surface area contributed by atoms with E-state index >= 15 is 0 Å². The van der Waals surface area contributed by atoms with Gasteiger partial charge in [0.05, 0.1) is 5.69 Å². The summed E-state index contributed by atoms with van der Waals surface area (Å²) in [5.74, 6) is -0.0116. The number of nitrogens with two attached hydrogens (primary N) is 1. The van der Waals surface area contributed by atoms with Crippen LogP contribution in [0.1, 0.15) is 5.69 Å². The summed E-state index contributed by atoms with van der Waals surface area (Å²) in [6.45, 7) is 1.65. The molecule has 102 valence electrons. The zero-order valence-electron chi connectivity index (χ0n) is 10.4. The number of anilines is 2. The van der Waals surface area contributed by atoms with Gasteiger partial charge in [0, 0.05) is 17.2 Å². The maximum atomic E-state index is 12.3. The molecule has 0 aliphatic rings. The number of rotatable bonds is 3. The van der Waals surface area contributed by atoms with Crippen LogP contribution >= 0.6 is 15.9 Å². The molecule has 1 heterocycles. The van der Waals surface area contributed by atoms with Crippen LogP contribution in [0.4, 0.5) is 11.5 Å². The highest BCUT2D eigenvalue weighted by atomic mass is 79.9. The van der Waals surface area contributed by atoms with Gasteiger partial charge in [0.1, 0.15) is 0 Å². The van der Waals surface area contributed by atoms with Crippen LogP contribution in [-0.4, -0.2) is 18.2 Å². The van der Waals surface area contributed by atoms with Crippen LogP contribution in [0.5, 0.6) is 0 Å². The van der Waals surface area contributed by atoms with Crippen LogP contribution in [0.25, 0.3) is 0 Å². The van der Waals surface area contributed by atoms with E-state index in [1.54, 1.807) is 32.2 Å². The molecule has 0 aliphatic heterocycles. The van der Waals surface area contributed by atoms with Gasteiger partial charge < -0.3 is 5.73 Å². The molecule has 1 aromatic heterocycles. The first-order valence-electron chi connectivity index (χ1n) is 5.39. The topological polar surface area (TPSA) is 90.0 Å². The van der Waals surface area contributed by atoms with Crippen molar-refractivity contribution in [1.82, 2.24) is 9.78 Å². The van der Waals surface area contributed by atoms with Crippen molar-refractivity contribution >= 4 is 37.5 Å². The van der Waals surface area contributed by atoms with Crippen molar-refractivity contribution in [1.29, 1.82) is 0 Å². The highest BCUT2D eigenvalue weighted by molar-refractivity contribution is 9.10. The Bertz CT molecular complexity index is 724. The molecular weight excluding hydrogens is 332 g/mol. The fraction of sp³-hybridized carbons (Fsp3) is 0.182. The average Bonchev–Trinajstić information content (AvgIpc) is 2.52. The number of benzene rings is 1. The summed E-state index contributed by atoms with van der Waals surface area (Å²) >= 11 is 3.28. The molecule has 0 bridgehead atoms. The maximum absolute atomic E-state index is 12.3. The van der Waals surface area contributed by atoms with E-state index in [0.29, 0.717) is 11.4 Å². The minimum atomic E-state index is -3.75. The van der Waals surface area contributed by atoms with E-state index in [4.69, 9.17) is 5.73 Å². The van der Waals surface area contributed by atoms with Gasteiger partial charge in [0.2, 0.25) is 0 Å². The summed E-state index contributed by atoms with van der Waals surface area (Å²) < 4.78 is 29.3. The molecule has 0 aliphatic carbocycles. The van der Waals surface area contributed by atoms with Gasteiger partial charge in [-0.05, 0) is 25.1 Å². The Morgan fingerprint density at radius 2 is 2.11 bits per heavy atom. The lowest BCUT2D eigenvalue weighted by atomic mass is 10.3. The standard InChI is InChI=1S/C11H13BrN4O2S/c1-7-10(11(13)14-16(7)2)19(17,18)15-9-5-3-4-8(12)6-9/h3-6,15H,1-2H3,(H2,13,14). The zero-order chi connectivity index (χ0) is 14.2. The second-order valence-electron chi connectivity index (χ2n) is 4.04. The molecular formula is C11H13BrN4O2S. The van der Waals surface area contributed by atoms with E-state index < -0.39 is 10.0 Å². The van der Waals surface area contributed by atoms with Crippen LogP contribution in [-0.2, 0) is 17.1 Å². The fourth-order valence-corrected chi connectivity index (χ4v) is 3.48. The van der Waals surface area contributed by atoms with E-state index in [0.717, 1.165) is 4.47 Å². The van der Waals surface area contributed by atoms with Gasteiger partial charge in [-0.15, -0.1) is 0 Å². The second-order valence-corrected chi connectivity index (χ2v) is 6.57. The smallest absolute Gasteiger partial charge is 0.267 e.